The van der Waals surface area contributed by atoms with Gasteiger partial charge in [-0.15, -0.1) is 0 Å². The van der Waals surface area contributed by atoms with Crippen LogP contribution in [0.2, 0.25) is 0 Å². The van der Waals surface area contributed by atoms with Crippen LogP contribution < -0.4 is 5.32 Å². The fourth-order valence-electron chi connectivity index (χ4n) is 1.84. The maximum Gasteiger partial charge on any atom is 0.177 e. The van der Waals surface area contributed by atoms with Crippen molar-refractivity contribution in [2.75, 3.05) is 6.54 Å². The number of hydrogen-bond donors (Lipinski definition) is 2. The highest BCUT2D eigenvalue weighted by molar-refractivity contribution is 6.09. The van der Waals surface area contributed by atoms with Gasteiger partial charge in [0.25, 0.3) is 0 Å². The van der Waals surface area contributed by atoms with E-state index in [2.05, 4.69) is 10.3 Å². The zero-order valence-electron chi connectivity index (χ0n) is 11.4. The number of ketones is 1. The summed E-state index contributed by atoms with van der Waals surface area (Å²) in [6, 6.07) is 6.72. The summed E-state index contributed by atoms with van der Waals surface area (Å²) in [5.74, 6) is 0.0869. The van der Waals surface area contributed by atoms with Gasteiger partial charge in [-0.3, -0.25) is 9.78 Å². The number of pyridine rings is 1. The minimum absolute atomic E-state index is 0.00655. The molecule has 2 rings (SSSR count). The monoisotopic (exact) mass is 258 g/mol. The molecule has 1 heterocycles. The van der Waals surface area contributed by atoms with Crippen molar-refractivity contribution in [2.45, 2.75) is 26.3 Å². The fourth-order valence-corrected chi connectivity index (χ4v) is 1.84. The largest absolute Gasteiger partial charge is 0.506 e. The number of carbonyl (C=O) groups excluding carboxylic acids is 1. The smallest absolute Gasteiger partial charge is 0.177 e. The van der Waals surface area contributed by atoms with Crippen LogP contribution in [0.4, 0.5) is 0 Å². The highest BCUT2D eigenvalue weighted by atomic mass is 16.3. The number of aromatic hydroxyl groups is 1. The van der Waals surface area contributed by atoms with Crippen molar-refractivity contribution in [1.82, 2.24) is 10.3 Å². The summed E-state index contributed by atoms with van der Waals surface area (Å²) >= 11 is 0. The standard InChI is InChI=1S/C15H18N2O2/c1-15(2,3)17-9-13(19)10-6-7-12(18)14-11(10)5-4-8-16-14/h4-8,17-18H,9H2,1-3H3. The molecule has 4 nitrogen and oxygen atoms in total. The molecule has 0 saturated heterocycles. The van der Waals surface area contributed by atoms with Gasteiger partial charge in [-0.1, -0.05) is 6.07 Å². The van der Waals surface area contributed by atoms with E-state index >= 15 is 0 Å². The van der Waals surface area contributed by atoms with E-state index < -0.39 is 0 Å². The predicted molar refractivity (Wildman–Crippen MR) is 75.5 cm³/mol. The Labute approximate surface area is 112 Å². The highest BCUT2D eigenvalue weighted by Gasteiger charge is 2.15. The molecule has 0 bridgehead atoms. The van der Waals surface area contributed by atoms with Crippen LogP contribution >= 0.6 is 0 Å². The summed E-state index contributed by atoms with van der Waals surface area (Å²) in [5.41, 5.74) is 0.933. The van der Waals surface area contributed by atoms with Crippen LogP contribution in [-0.2, 0) is 0 Å². The number of carbonyl (C=O) groups is 1. The van der Waals surface area contributed by atoms with Crippen molar-refractivity contribution in [3.05, 3.63) is 36.0 Å². The average molecular weight is 258 g/mol. The molecule has 0 spiro atoms. The summed E-state index contributed by atoms with van der Waals surface area (Å²) < 4.78 is 0. The molecular formula is C15H18N2O2. The molecule has 0 aliphatic rings. The molecule has 1 aromatic carbocycles. The Morgan fingerprint density at radius 2 is 2.05 bits per heavy atom. The molecular weight excluding hydrogens is 240 g/mol. The molecule has 0 unspecified atom stereocenters. The molecule has 2 N–H and O–H groups in total. The number of fused-ring (bicyclic) bond motifs is 1. The van der Waals surface area contributed by atoms with E-state index in [1.165, 1.54) is 6.07 Å². The zero-order valence-corrected chi connectivity index (χ0v) is 11.4. The Bertz CT molecular complexity index is 615. The molecule has 0 amide bonds. The maximum absolute atomic E-state index is 12.2. The van der Waals surface area contributed by atoms with E-state index in [1.807, 2.05) is 20.8 Å². The lowest BCUT2D eigenvalue weighted by molar-refractivity contribution is 0.0983. The first kappa shape index (κ1) is 13.5. The van der Waals surface area contributed by atoms with Gasteiger partial charge in [0, 0.05) is 22.7 Å². The van der Waals surface area contributed by atoms with E-state index in [9.17, 15) is 9.90 Å². The fraction of sp³-hybridized carbons (Fsp3) is 0.333. The summed E-state index contributed by atoms with van der Waals surface area (Å²) in [7, 11) is 0. The summed E-state index contributed by atoms with van der Waals surface area (Å²) in [6.45, 7) is 6.29. The molecule has 0 aliphatic carbocycles. The number of phenols is 1. The molecule has 2 aromatic rings. The molecule has 19 heavy (non-hydrogen) atoms. The number of hydrogen-bond acceptors (Lipinski definition) is 4. The Balaban J connectivity index is 2.35. The Hall–Kier alpha value is -1.94. The van der Waals surface area contributed by atoms with Crippen LogP contribution in [0, 0.1) is 0 Å². The molecule has 0 fully saturated rings. The topological polar surface area (TPSA) is 62.2 Å². The number of aromatic nitrogens is 1. The van der Waals surface area contributed by atoms with Crippen LogP contribution in [0.25, 0.3) is 10.9 Å². The van der Waals surface area contributed by atoms with E-state index in [4.69, 9.17) is 0 Å². The quantitative estimate of drug-likeness (QED) is 0.830. The summed E-state index contributed by atoms with van der Waals surface area (Å²) in [6.07, 6.45) is 1.60. The lowest BCUT2D eigenvalue weighted by Crippen LogP contribution is -2.39. The number of rotatable bonds is 3. The van der Waals surface area contributed by atoms with Crippen LogP contribution in [0.5, 0.6) is 5.75 Å². The molecule has 4 heteroatoms. The third-order valence-corrected chi connectivity index (χ3v) is 2.83. The van der Waals surface area contributed by atoms with Gasteiger partial charge in [0.2, 0.25) is 0 Å². The van der Waals surface area contributed by atoms with Crippen molar-refractivity contribution in [1.29, 1.82) is 0 Å². The number of phenolic OH excluding ortho intramolecular Hbond substituents is 1. The SMILES string of the molecule is CC(C)(C)NCC(=O)c1ccc(O)c2ncccc12. The van der Waals surface area contributed by atoms with Gasteiger partial charge in [-0.25, -0.2) is 0 Å². The second-order valence-corrected chi connectivity index (χ2v) is 5.56. The predicted octanol–water partition coefficient (Wildman–Crippen LogP) is 2.51. The van der Waals surface area contributed by atoms with Crippen molar-refractivity contribution < 1.29 is 9.90 Å². The van der Waals surface area contributed by atoms with E-state index in [-0.39, 0.29) is 23.6 Å². The minimum Gasteiger partial charge on any atom is -0.506 e. The van der Waals surface area contributed by atoms with Gasteiger partial charge >= 0.3 is 0 Å². The highest BCUT2D eigenvalue weighted by Crippen LogP contribution is 2.25. The zero-order chi connectivity index (χ0) is 14.0. The number of nitrogens with zero attached hydrogens (tertiary/aromatic N) is 1. The van der Waals surface area contributed by atoms with Crippen molar-refractivity contribution >= 4 is 16.7 Å². The molecule has 1 aromatic heterocycles. The summed E-state index contributed by atoms with van der Waals surface area (Å²) in [5, 5.41) is 13.6. The molecule has 0 radical (unpaired) electrons. The minimum atomic E-state index is -0.110. The number of nitrogens with one attached hydrogen (secondary N) is 1. The van der Waals surface area contributed by atoms with Crippen LogP contribution in [0.3, 0.4) is 0 Å². The van der Waals surface area contributed by atoms with E-state index in [1.54, 1.807) is 24.4 Å². The normalized spacial score (nSPS) is 11.7. The lowest BCUT2D eigenvalue weighted by Gasteiger charge is -2.20. The lowest BCUT2D eigenvalue weighted by atomic mass is 10.0. The van der Waals surface area contributed by atoms with Gasteiger partial charge in [0.05, 0.1) is 6.54 Å². The van der Waals surface area contributed by atoms with E-state index in [0.29, 0.717) is 16.5 Å². The Morgan fingerprint density at radius 3 is 2.74 bits per heavy atom. The Kier molecular flexibility index (Phi) is 3.53. The molecule has 0 aliphatic heterocycles. The van der Waals surface area contributed by atoms with Crippen LogP contribution in [-0.4, -0.2) is 28.0 Å². The van der Waals surface area contributed by atoms with Gasteiger partial charge < -0.3 is 10.4 Å². The third-order valence-electron chi connectivity index (χ3n) is 2.83. The summed E-state index contributed by atoms with van der Waals surface area (Å²) in [4.78, 5) is 16.4. The molecule has 0 atom stereocenters. The van der Waals surface area contributed by atoms with E-state index in [0.717, 1.165) is 0 Å². The first-order valence-electron chi connectivity index (χ1n) is 6.23. The Morgan fingerprint density at radius 1 is 1.32 bits per heavy atom. The van der Waals surface area contributed by atoms with Gasteiger partial charge in [-0.05, 0) is 39.0 Å². The second-order valence-electron chi connectivity index (χ2n) is 5.56. The average Bonchev–Trinajstić information content (AvgIpc) is 2.36. The first-order chi connectivity index (χ1) is 8.88. The number of Topliss-reactive ketones (excluding diaryl/α,β-unsaturated/α-hetero) is 1. The third kappa shape index (κ3) is 3.09. The van der Waals surface area contributed by atoms with Crippen LogP contribution in [0.15, 0.2) is 30.5 Å². The van der Waals surface area contributed by atoms with Gasteiger partial charge in [-0.2, -0.15) is 0 Å². The number of benzene rings is 1. The van der Waals surface area contributed by atoms with Gasteiger partial charge in [0.1, 0.15) is 11.3 Å². The van der Waals surface area contributed by atoms with Crippen molar-refractivity contribution in [3.63, 3.8) is 0 Å². The van der Waals surface area contributed by atoms with Crippen LogP contribution in [0.1, 0.15) is 31.1 Å². The molecule has 100 valence electrons. The second kappa shape index (κ2) is 4.97. The van der Waals surface area contributed by atoms with Gasteiger partial charge in [0.15, 0.2) is 5.78 Å². The van der Waals surface area contributed by atoms with Crippen molar-refractivity contribution in [3.8, 4) is 5.75 Å². The molecule has 0 saturated carbocycles. The van der Waals surface area contributed by atoms with Crippen molar-refractivity contribution in [2.24, 2.45) is 0 Å². The maximum atomic E-state index is 12.2. The first-order valence-corrected chi connectivity index (χ1v) is 6.23.